The van der Waals surface area contributed by atoms with Gasteiger partial charge in [0.1, 0.15) is 5.82 Å². The van der Waals surface area contributed by atoms with Crippen LogP contribution in [0.3, 0.4) is 0 Å². The first-order chi connectivity index (χ1) is 15.1. The number of halogens is 2. The molecule has 3 nitrogen and oxygen atoms in total. The van der Waals surface area contributed by atoms with Gasteiger partial charge >= 0.3 is 0 Å². The maximum atomic E-state index is 14.0. The van der Waals surface area contributed by atoms with Gasteiger partial charge in [-0.2, -0.15) is 0 Å². The van der Waals surface area contributed by atoms with E-state index in [0.29, 0.717) is 23.1 Å². The van der Waals surface area contributed by atoms with Crippen molar-refractivity contribution in [2.45, 2.75) is 6.04 Å². The molecule has 0 spiro atoms. The summed E-state index contributed by atoms with van der Waals surface area (Å²) in [4.78, 5) is 16.9. The minimum Gasteiger partial charge on any atom is -0.337 e. The van der Waals surface area contributed by atoms with Crippen LogP contribution in [0.15, 0.2) is 89.4 Å². The molecule has 5 heteroatoms. The highest BCUT2D eigenvalue weighted by molar-refractivity contribution is 9.10. The molecule has 1 amide bonds. The predicted molar refractivity (Wildman–Crippen MR) is 126 cm³/mol. The summed E-state index contributed by atoms with van der Waals surface area (Å²) in [6.45, 7) is 2.84. The highest BCUT2D eigenvalue weighted by Gasteiger charge is 2.27. The average Bonchev–Trinajstić information content (AvgIpc) is 2.80. The second kappa shape index (κ2) is 10.0. The number of benzene rings is 3. The molecule has 158 valence electrons. The lowest BCUT2D eigenvalue weighted by atomic mass is 9.96. The van der Waals surface area contributed by atoms with Crippen molar-refractivity contribution in [1.82, 2.24) is 9.80 Å². The SMILES string of the molecule is O=C(C=Cc1ccc(Br)cc1F)N1CCN(C(c2ccccc2)c2ccccc2)CC1. The summed E-state index contributed by atoms with van der Waals surface area (Å²) in [5.41, 5.74) is 2.90. The number of hydrogen-bond donors (Lipinski definition) is 0. The molecule has 1 aliphatic rings. The summed E-state index contributed by atoms with van der Waals surface area (Å²) < 4.78 is 14.7. The van der Waals surface area contributed by atoms with Crippen molar-refractivity contribution < 1.29 is 9.18 Å². The normalized spacial score (nSPS) is 15.0. The van der Waals surface area contributed by atoms with Crippen LogP contribution in [0.5, 0.6) is 0 Å². The monoisotopic (exact) mass is 478 g/mol. The van der Waals surface area contributed by atoms with Gasteiger partial charge in [-0.3, -0.25) is 9.69 Å². The fourth-order valence-electron chi connectivity index (χ4n) is 3.99. The summed E-state index contributed by atoms with van der Waals surface area (Å²) in [6.07, 6.45) is 3.01. The van der Waals surface area contributed by atoms with Gasteiger partial charge in [0.15, 0.2) is 0 Å². The molecule has 1 aliphatic heterocycles. The van der Waals surface area contributed by atoms with E-state index in [0.717, 1.165) is 13.1 Å². The van der Waals surface area contributed by atoms with Crippen LogP contribution < -0.4 is 0 Å². The van der Waals surface area contributed by atoms with Crippen LogP contribution in [0.25, 0.3) is 6.08 Å². The summed E-state index contributed by atoms with van der Waals surface area (Å²) in [5, 5.41) is 0. The van der Waals surface area contributed by atoms with Gasteiger partial charge in [-0.1, -0.05) is 82.7 Å². The predicted octanol–water partition coefficient (Wildman–Crippen LogP) is 5.54. The number of amides is 1. The Morgan fingerprint density at radius 2 is 1.45 bits per heavy atom. The van der Waals surface area contributed by atoms with E-state index in [9.17, 15) is 9.18 Å². The molecular weight excluding hydrogens is 455 g/mol. The van der Waals surface area contributed by atoms with Gasteiger partial charge in [0.2, 0.25) is 5.91 Å². The number of carbonyl (C=O) groups is 1. The lowest BCUT2D eigenvalue weighted by molar-refractivity contribution is -0.127. The quantitative estimate of drug-likeness (QED) is 0.449. The second-order valence-electron chi connectivity index (χ2n) is 7.58. The van der Waals surface area contributed by atoms with Crippen LogP contribution in [0.4, 0.5) is 4.39 Å². The van der Waals surface area contributed by atoms with Crippen LogP contribution in [-0.4, -0.2) is 41.9 Å². The first-order valence-corrected chi connectivity index (χ1v) is 11.2. The number of hydrogen-bond acceptors (Lipinski definition) is 2. The first kappa shape index (κ1) is 21.5. The molecular formula is C26H24BrFN2O. The van der Waals surface area contributed by atoms with Gasteiger partial charge in [0, 0.05) is 42.3 Å². The smallest absolute Gasteiger partial charge is 0.246 e. The second-order valence-corrected chi connectivity index (χ2v) is 8.50. The minimum atomic E-state index is -0.350. The van der Waals surface area contributed by atoms with E-state index in [2.05, 4.69) is 69.4 Å². The summed E-state index contributed by atoms with van der Waals surface area (Å²) >= 11 is 3.25. The lowest BCUT2D eigenvalue weighted by Gasteiger charge is -2.39. The van der Waals surface area contributed by atoms with E-state index in [-0.39, 0.29) is 17.8 Å². The third-order valence-electron chi connectivity index (χ3n) is 5.59. The Balaban J connectivity index is 1.44. The molecule has 0 N–H and O–H groups in total. The van der Waals surface area contributed by atoms with Crippen molar-refractivity contribution in [3.05, 3.63) is 112 Å². The molecule has 4 rings (SSSR count). The Morgan fingerprint density at radius 3 is 2.00 bits per heavy atom. The molecule has 0 aromatic heterocycles. The van der Waals surface area contributed by atoms with Crippen molar-refractivity contribution >= 4 is 27.9 Å². The number of rotatable bonds is 5. The van der Waals surface area contributed by atoms with Gasteiger partial charge in [-0.25, -0.2) is 4.39 Å². The third-order valence-corrected chi connectivity index (χ3v) is 6.08. The van der Waals surface area contributed by atoms with Crippen LogP contribution in [0.1, 0.15) is 22.7 Å². The van der Waals surface area contributed by atoms with Crippen LogP contribution in [0.2, 0.25) is 0 Å². The Morgan fingerprint density at radius 1 is 0.871 bits per heavy atom. The van der Waals surface area contributed by atoms with E-state index in [4.69, 9.17) is 0 Å². The third kappa shape index (κ3) is 5.30. The van der Waals surface area contributed by atoms with E-state index >= 15 is 0 Å². The topological polar surface area (TPSA) is 23.6 Å². The van der Waals surface area contributed by atoms with Crippen LogP contribution in [-0.2, 0) is 4.79 Å². The maximum absolute atomic E-state index is 14.0. The maximum Gasteiger partial charge on any atom is 0.246 e. The van der Waals surface area contributed by atoms with Crippen molar-refractivity contribution in [1.29, 1.82) is 0 Å². The van der Waals surface area contributed by atoms with Crippen LogP contribution >= 0.6 is 15.9 Å². The zero-order valence-electron chi connectivity index (χ0n) is 17.1. The molecule has 3 aromatic rings. The molecule has 0 atom stereocenters. The van der Waals surface area contributed by atoms with Crippen molar-refractivity contribution in [3.8, 4) is 0 Å². The molecule has 31 heavy (non-hydrogen) atoms. The molecule has 1 saturated heterocycles. The van der Waals surface area contributed by atoms with Gasteiger partial charge in [-0.15, -0.1) is 0 Å². The van der Waals surface area contributed by atoms with Gasteiger partial charge in [0.05, 0.1) is 6.04 Å². The molecule has 0 unspecified atom stereocenters. The van der Waals surface area contributed by atoms with E-state index < -0.39 is 0 Å². The zero-order valence-corrected chi connectivity index (χ0v) is 18.7. The molecule has 1 fully saturated rings. The first-order valence-electron chi connectivity index (χ1n) is 10.4. The molecule has 1 heterocycles. The van der Waals surface area contributed by atoms with Crippen molar-refractivity contribution in [2.75, 3.05) is 26.2 Å². The van der Waals surface area contributed by atoms with Gasteiger partial charge in [0.25, 0.3) is 0 Å². The fourth-order valence-corrected chi connectivity index (χ4v) is 4.32. The van der Waals surface area contributed by atoms with E-state index in [1.54, 1.807) is 18.2 Å². The molecule has 0 bridgehead atoms. The Labute approximate surface area is 190 Å². The Kier molecular flexibility index (Phi) is 6.95. The van der Waals surface area contributed by atoms with Crippen LogP contribution in [0, 0.1) is 5.82 Å². The van der Waals surface area contributed by atoms with Gasteiger partial charge < -0.3 is 4.90 Å². The molecule has 3 aromatic carbocycles. The Hall–Kier alpha value is -2.76. The number of nitrogens with zero attached hydrogens (tertiary/aromatic N) is 2. The highest BCUT2D eigenvalue weighted by atomic mass is 79.9. The largest absolute Gasteiger partial charge is 0.337 e. The van der Waals surface area contributed by atoms with E-state index in [1.807, 2.05) is 17.0 Å². The summed E-state index contributed by atoms with van der Waals surface area (Å²) in [7, 11) is 0. The molecule has 0 aliphatic carbocycles. The lowest BCUT2D eigenvalue weighted by Crippen LogP contribution is -2.49. The molecule has 0 saturated carbocycles. The summed E-state index contributed by atoms with van der Waals surface area (Å²) in [6, 6.07) is 25.9. The average molecular weight is 479 g/mol. The van der Waals surface area contributed by atoms with E-state index in [1.165, 1.54) is 23.3 Å². The highest BCUT2D eigenvalue weighted by Crippen LogP contribution is 2.29. The van der Waals surface area contributed by atoms with Crippen molar-refractivity contribution in [3.63, 3.8) is 0 Å². The van der Waals surface area contributed by atoms with Gasteiger partial charge in [-0.05, 0) is 29.3 Å². The molecule has 0 radical (unpaired) electrons. The zero-order chi connectivity index (χ0) is 21.6. The number of carbonyl (C=O) groups excluding carboxylic acids is 1. The van der Waals surface area contributed by atoms with Crippen molar-refractivity contribution in [2.24, 2.45) is 0 Å². The number of piperazine rings is 1. The standard InChI is InChI=1S/C26H24BrFN2O/c27-23-13-11-20(24(28)19-23)12-14-25(31)29-15-17-30(18-16-29)26(21-7-3-1-4-8-21)22-9-5-2-6-10-22/h1-14,19,26H,15-18H2. The Bertz CT molecular complexity index is 1010. The fraction of sp³-hybridized carbons (Fsp3) is 0.192. The minimum absolute atomic E-state index is 0.0852. The summed E-state index contributed by atoms with van der Waals surface area (Å²) in [5.74, 6) is -0.435.